The molecule has 0 bridgehead atoms. The van der Waals surface area contributed by atoms with Crippen molar-refractivity contribution in [2.75, 3.05) is 13.7 Å². The van der Waals surface area contributed by atoms with Crippen molar-refractivity contribution in [3.8, 4) is 0 Å². The smallest absolute Gasteiger partial charge is 0.409 e. The van der Waals surface area contributed by atoms with Gasteiger partial charge in [-0.05, 0) is 24.1 Å². The number of amides is 1. The topological polar surface area (TPSA) is 49.8 Å². The van der Waals surface area contributed by atoms with Crippen LogP contribution in [0.1, 0.15) is 17.9 Å². The molecule has 1 saturated heterocycles. The Hall–Kier alpha value is -1.69. The SMILES string of the molecule is CO[C@H]1C(c2cc(F)cc(F)c2)CCN1C(=O)O. The van der Waals surface area contributed by atoms with Gasteiger partial charge >= 0.3 is 6.09 Å². The lowest BCUT2D eigenvalue weighted by molar-refractivity contribution is -0.00539. The van der Waals surface area contributed by atoms with E-state index in [4.69, 9.17) is 9.84 Å². The Morgan fingerprint density at radius 3 is 2.50 bits per heavy atom. The first-order valence-corrected chi connectivity index (χ1v) is 5.51. The summed E-state index contributed by atoms with van der Waals surface area (Å²) < 4.78 is 31.4. The number of hydrogen-bond acceptors (Lipinski definition) is 2. The van der Waals surface area contributed by atoms with E-state index >= 15 is 0 Å². The van der Waals surface area contributed by atoms with E-state index in [1.54, 1.807) is 0 Å². The van der Waals surface area contributed by atoms with Crippen molar-refractivity contribution in [2.24, 2.45) is 0 Å². The molecule has 6 heteroatoms. The zero-order valence-corrected chi connectivity index (χ0v) is 9.77. The van der Waals surface area contributed by atoms with Crippen LogP contribution in [0.3, 0.4) is 0 Å². The van der Waals surface area contributed by atoms with Crippen LogP contribution in [0.2, 0.25) is 0 Å². The number of nitrogens with zero attached hydrogens (tertiary/aromatic N) is 1. The molecule has 98 valence electrons. The molecular formula is C12H13F2NO3. The Labute approximate surface area is 103 Å². The van der Waals surface area contributed by atoms with E-state index in [-0.39, 0.29) is 12.5 Å². The number of rotatable bonds is 2. The number of ether oxygens (including phenoxy) is 1. The molecule has 0 saturated carbocycles. The third kappa shape index (κ3) is 2.28. The highest BCUT2D eigenvalue weighted by Crippen LogP contribution is 2.34. The van der Waals surface area contributed by atoms with Crippen molar-refractivity contribution in [3.05, 3.63) is 35.4 Å². The molecule has 1 aliphatic rings. The van der Waals surface area contributed by atoms with E-state index in [0.717, 1.165) is 11.0 Å². The number of methoxy groups -OCH3 is 1. The van der Waals surface area contributed by atoms with Gasteiger partial charge in [-0.2, -0.15) is 0 Å². The second kappa shape index (κ2) is 4.89. The summed E-state index contributed by atoms with van der Waals surface area (Å²) in [7, 11) is 1.38. The fourth-order valence-corrected chi connectivity index (χ4v) is 2.38. The van der Waals surface area contributed by atoms with Gasteiger partial charge in [0, 0.05) is 25.6 Å². The molecule has 1 heterocycles. The average Bonchev–Trinajstić information content (AvgIpc) is 2.70. The maximum absolute atomic E-state index is 13.2. The van der Waals surface area contributed by atoms with Crippen LogP contribution < -0.4 is 0 Å². The predicted octanol–water partition coefficient (Wildman–Crippen LogP) is 2.40. The van der Waals surface area contributed by atoms with Gasteiger partial charge < -0.3 is 9.84 Å². The first kappa shape index (κ1) is 12.8. The maximum Gasteiger partial charge on any atom is 0.409 e. The lowest BCUT2D eigenvalue weighted by Crippen LogP contribution is -2.37. The van der Waals surface area contributed by atoms with Crippen molar-refractivity contribution < 1.29 is 23.4 Å². The number of benzene rings is 1. The molecule has 1 fully saturated rings. The molecule has 0 aliphatic carbocycles. The van der Waals surface area contributed by atoms with Crippen molar-refractivity contribution in [3.63, 3.8) is 0 Å². The number of hydrogen-bond donors (Lipinski definition) is 1. The zero-order chi connectivity index (χ0) is 13.3. The van der Waals surface area contributed by atoms with Crippen LogP contribution in [0.5, 0.6) is 0 Å². The van der Waals surface area contributed by atoms with Crippen LogP contribution in [0.15, 0.2) is 18.2 Å². The number of carboxylic acid groups (broad SMARTS) is 1. The quantitative estimate of drug-likeness (QED) is 0.885. The molecule has 18 heavy (non-hydrogen) atoms. The van der Waals surface area contributed by atoms with E-state index in [0.29, 0.717) is 12.0 Å². The van der Waals surface area contributed by atoms with Gasteiger partial charge in [0.15, 0.2) is 0 Å². The van der Waals surface area contributed by atoms with Gasteiger partial charge in [-0.1, -0.05) is 0 Å². The molecule has 0 aromatic heterocycles. The second-order valence-electron chi connectivity index (χ2n) is 4.20. The number of halogens is 2. The highest BCUT2D eigenvalue weighted by Gasteiger charge is 2.38. The summed E-state index contributed by atoms with van der Waals surface area (Å²) >= 11 is 0. The standard InChI is InChI=1S/C12H13F2NO3/c1-18-11-10(2-3-15(11)12(16)17)7-4-8(13)6-9(14)5-7/h4-6,10-11H,2-3H2,1H3,(H,16,17)/t10?,11-/m0/s1. The molecule has 1 unspecified atom stereocenters. The van der Waals surface area contributed by atoms with Gasteiger partial charge in [0.05, 0.1) is 0 Å². The summed E-state index contributed by atoms with van der Waals surface area (Å²) in [4.78, 5) is 12.1. The molecule has 1 amide bonds. The minimum Gasteiger partial charge on any atom is -0.465 e. The molecule has 1 aliphatic heterocycles. The molecule has 1 aromatic rings. The molecule has 4 nitrogen and oxygen atoms in total. The van der Waals surface area contributed by atoms with Gasteiger partial charge in [-0.25, -0.2) is 13.6 Å². The van der Waals surface area contributed by atoms with Crippen molar-refractivity contribution in [1.82, 2.24) is 4.90 Å². The van der Waals surface area contributed by atoms with Gasteiger partial charge in [-0.3, -0.25) is 4.90 Å². The summed E-state index contributed by atoms with van der Waals surface area (Å²) in [5.74, 6) is -1.70. The van der Waals surface area contributed by atoms with Gasteiger partial charge in [-0.15, -0.1) is 0 Å². The van der Waals surface area contributed by atoms with E-state index in [1.165, 1.54) is 19.2 Å². The van der Waals surface area contributed by atoms with Crippen molar-refractivity contribution >= 4 is 6.09 Å². The molecule has 2 atom stereocenters. The van der Waals surface area contributed by atoms with Crippen LogP contribution in [0, 0.1) is 11.6 Å². The predicted molar refractivity (Wildman–Crippen MR) is 59.2 cm³/mol. The molecule has 0 radical (unpaired) electrons. The third-order valence-electron chi connectivity index (χ3n) is 3.13. The third-order valence-corrected chi connectivity index (χ3v) is 3.13. The van der Waals surface area contributed by atoms with Crippen LogP contribution in [0.25, 0.3) is 0 Å². The lowest BCUT2D eigenvalue weighted by Gasteiger charge is -2.24. The summed E-state index contributed by atoms with van der Waals surface area (Å²) in [6, 6.07) is 3.21. The van der Waals surface area contributed by atoms with E-state index in [1.807, 2.05) is 0 Å². The van der Waals surface area contributed by atoms with E-state index < -0.39 is 24.0 Å². The largest absolute Gasteiger partial charge is 0.465 e. The zero-order valence-electron chi connectivity index (χ0n) is 9.77. The van der Waals surface area contributed by atoms with Crippen LogP contribution in [0.4, 0.5) is 13.6 Å². The van der Waals surface area contributed by atoms with Crippen LogP contribution in [-0.4, -0.2) is 36.0 Å². The first-order chi connectivity index (χ1) is 8.52. The Bertz CT molecular complexity index is 446. The molecule has 0 spiro atoms. The Morgan fingerprint density at radius 1 is 1.39 bits per heavy atom. The normalized spacial score (nSPS) is 23.4. The van der Waals surface area contributed by atoms with Gasteiger partial charge in [0.25, 0.3) is 0 Å². The van der Waals surface area contributed by atoms with E-state index in [9.17, 15) is 13.6 Å². The Balaban J connectivity index is 2.30. The Morgan fingerprint density at radius 2 is 2.00 bits per heavy atom. The average molecular weight is 257 g/mol. The summed E-state index contributed by atoms with van der Waals surface area (Å²) in [5, 5.41) is 8.99. The van der Waals surface area contributed by atoms with Gasteiger partial charge in [0.2, 0.25) is 0 Å². The van der Waals surface area contributed by atoms with Crippen molar-refractivity contribution in [2.45, 2.75) is 18.6 Å². The number of carbonyl (C=O) groups is 1. The fourth-order valence-electron chi connectivity index (χ4n) is 2.38. The second-order valence-corrected chi connectivity index (χ2v) is 4.20. The highest BCUT2D eigenvalue weighted by atomic mass is 19.1. The van der Waals surface area contributed by atoms with Crippen LogP contribution >= 0.6 is 0 Å². The summed E-state index contributed by atoms with van der Waals surface area (Å²) in [6.07, 6.45) is -1.32. The monoisotopic (exact) mass is 257 g/mol. The minimum absolute atomic E-state index is 0.288. The molecule has 1 aromatic carbocycles. The molecule has 1 N–H and O–H groups in total. The highest BCUT2D eigenvalue weighted by molar-refractivity contribution is 5.66. The fraction of sp³-hybridized carbons (Fsp3) is 0.417. The minimum atomic E-state index is -1.10. The Kier molecular flexibility index (Phi) is 3.47. The van der Waals surface area contributed by atoms with Crippen LogP contribution in [-0.2, 0) is 4.74 Å². The molecule has 2 rings (SSSR count). The van der Waals surface area contributed by atoms with Gasteiger partial charge in [0.1, 0.15) is 17.9 Å². The first-order valence-electron chi connectivity index (χ1n) is 5.51. The lowest BCUT2D eigenvalue weighted by atomic mass is 9.96. The summed E-state index contributed by atoms with van der Waals surface area (Å²) in [6.45, 7) is 0.288. The molecular weight excluding hydrogens is 244 g/mol. The summed E-state index contributed by atoms with van der Waals surface area (Å²) in [5.41, 5.74) is 0.420. The maximum atomic E-state index is 13.2. The number of likely N-dealkylation sites (tertiary alicyclic amines) is 1. The van der Waals surface area contributed by atoms with E-state index in [2.05, 4.69) is 0 Å². The van der Waals surface area contributed by atoms with Crippen molar-refractivity contribution in [1.29, 1.82) is 0 Å².